The van der Waals surface area contributed by atoms with E-state index in [0.29, 0.717) is 11.5 Å². The van der Waals surface area contributed by atoms with E-state index in [4.69, 9.17) is 0 Å². The molecule has 1 aliphatic heterocycles. The van der Waals surface area contributed by atoms with Crippen molar-refractivity contribution in [3.8, 4) is 11.4 Å². The number of carbonyl (C=O) groups is 1. The molecule has 1 saturated heterocycles. The monoisotopic (exact) mass is 344 g/mol. The lowest BCUT2D eigenvalue weighted by Crippen LogP contribution is -2.31. The Kier molecular flexibility index (Phi) is 4.83. The molecule has 4 rings (SSSR count). The van der Waals surface area contributed by atoms with Crippen molar-refractivity contribution < 1.29 is 4.79 Å². The van der Waals surface area contributed by atoms with Crippen LogP contribution in [-0.2, 0) is 4.79 Å². The van der Waals surface area contributed by atoms with Gasteiger partial charge in [-0.05, 0) is 37.8 Å². The lowest BCUT2D eigenvalue weighted by atomic mass is 9.92. The molecule has 2 aliphatic rings. The number of carbonyl (C=O) groups excluding carboxylic acids is 1. The Labute approximate surface area is 147 Å². The van der Waals surface area contributed by atoms with Crippen LogP contribution in [0.2, 0.25) is 0 Å². The fraction of sp³-hybridized carbons (Fsp3) is 0.389. The average molecular weight is 345 g/mol. The molecule has 2 fully saturated rings. The Morgan fingerprint density at radius 2 is 1.79 bits per heavy atom. The van der Waals surface area contributed by atoms with Crippen molar-refractivity contribution in [1.29, 1.82) is 0 Å². The van der Waals surface area contributed by atoms with Gasteiger partial charge < -0.3 is 10.6 Å². The van der Waals surface area contributed by atoms with E-state index in [1.54, 1.807) is 12.4 Å². The van der Waals surface area contributed by atoms with Crippen molar-refractivity contribution in [2.75, 3.05) is 18.4 Å². The van der Waals surface area contributed by atoms with Gasteiger partial charge in [0.15, 0.2) is 5.82 Å². The first-order valence-electron chi connectivity index (χ1n) is 8.16. The van der Waals surface area contributed by atoms with Gasteiger partial charge in [-0.3, -0.25) is 4.79 Å². The van der Waals surface area contributed by atoms with Gasteiger partial charge in [-0.15, -0.1) is 12.4 Å². The quantitative estimate of drug-likeness (QED) is 0.898. The Bertz CT molecular complexity index is 699. The lowest BCUT2D eigenvalue weighted by molar-refractivity contribution is -0.118. The third kappa shape index (κ3) is 3.28. The first-order valence-corrected chi connectivity index (χ1v) is 8.16. The minimum atomic E-state index is 0. The number of nitrogens with zero attached hydrogens (tertiary/aromatic N) is 2. The van der Waals surface area contributed by atoms with Crippen molar-refractivity contribution in [2.45, 2.75) is 19.3 Å². The number of amides is 1. The zero-order valence-electron chi connectivity index (χ0n) is 13.4. The summed E-state index contributed by atoms with van der Waals surface area (Å²) >= 11 is 0. The van der Waals surface area contributed by atoms with E-state index >= 15 is 0 Å². The summed E-state index contributed by atoms with van der Waals surface area (Å²) in [6.45, 7) is 2.05. The van der Waals surface area contributed by atoms with Crippen LogP contribution < -0.4 is 10.6 Å². The molecule has 2 N–H and O–H groups in total. The summed E-state index contributed by atoms with van der Waals surface area (Å²) in [5, 5.41) is 6.33. The van der Waals surface area contributed by atoms with E-state index in [-0.39, 0.29) is 29.6 Å². The number of halogens is 1. The predicted octanol–water partition coefficient (Wildman–Crippen LogP) is 2.89. The van der Waals surface area contributed by atoms with Crippen LogP contribution in [0.15, 0.2) is 42.7 Å². The number of aromatic nitrogens is 2. The molecule has 1 unspecified atom stereocenters. The smallest absolute Gasteiger partial charge is 0.228 e. The number of anilines is 1. The van der Waals surface area contributed by atoms with Crippen molar-refractivity contribution >= 4 is 24.0 Å². The minimum absolute atomic E-state index is 0. The molecule has 1 amide bonds. The number of hydrogen-bond acceptors (Lipinski definition) is 4. The van der Waals surface area contributed by atoms with Gasteiger partial charge in [0.05, 0.1) is 18.1 Å². The van der Waals surface area contributed by atoms with E-state index in [1.807, 2.05) is 30.3 Å². The molecule has 126 valence electrons. The molecule has 1 spiro atoms. The molecule has 0 radical (unpaired) electrons. The van der Waals surface area contributed by atoms with Crippen LogP contribution in [0, 0.1) is 11.3 Å². The molecule has 2 aromatic rings. The molecular formula is C18H21ClN4O. The van der Waals surface area contributed by atoms with Gasteiger partial charge in [-0.1, -0.05) is 30.3 Å². The number of piperidine rings is 1. The van der Waals surface area contributed by atoms with Crippen molar-refractivity contribution in [2.24, 2.45) is 11.3 Å². The second-order valence-corrected chi connectivity index (χ2v) is 6.52. The zero-order valence-corrected chi connectivity index (χ0v) is 14.2. The van der Waals surface area contributed by atoms with Crippen LogP contribution >= 0.6 is 12.4 Å². The number of benzene rings is 1. The number of nitrogens with one attached hydrogen (secondary N) is 2. The molecule has 1 aliphatic carbocycles. The molecule has 2 heterocycles. The fourth-order valence-electron chi connectivity index (χ4n) is 3.55. The van der Waals surface area contributed by atoms with Crippen LogP contribution in [0.5, 0.6) is 0 Å². The van der Waals surface area contributed by atoms with Crippen LogP contribution in [0.25, 0.3) is 11.4 Å². The molecule has 0 bridgehead atoms. The molecule has 24 heavy (non-hydrogen) atoms. The molecule has 1 aromatic heterocycles. The van der Waals surface area contributed by atoms with Crippen LogP contribution in [0.3, 0.4) is 0 Å². The van der Waals surface area contributed by atoms with E-state index in [9.17, 15) is 4.79 Å². The second-order valence-electron chi connectivity index (χ2n) is 6.52. The largest absolute Gasteiger partial charge is 0.323 e. The Morgan fingerprint density at radius 3 is 2.46 bits per heavy atom. The summed E-state index contributed by atoms with van der Waals surface area (Å²) in [6, 6.07) is 9.82. The predicted molar refractivity (Wildman–Crippen MR) is 96.0 cm³/mol. The summed E-state index contributed by atoms with van der Waals surface area (Å²) < 4.78 is 0. The Hall–Kier alpha value is -1.98. The highest BCUT2D eigenvalue weighted by Crippen LogP contribution is 2.58. The molecule has 1 saturated carbocycles. The van der Waals surface area contributed by atoms with E-state index in [0.717, 1.165) is 37.9 Å². The topological polar surface area (TPSA) is 66.9 Å². The third-order valence-corrected chi connectivity index (χ3v) is 5.06. The summed E-state index contributed by atoms with van der Waals surface area (Å²) in [5.74, 6) is 0.936. The highest BCUT2D eigenvalue weighted by Gasteiger charge is 2.57. The first-order chi connectivity index (χ1) is 11.3. The normalized spacial score (nSPS) is 20.9. The second kappa shape index (κ2) is 6.87. The standard InChI is InChI=1S/C18H20N4O.ClH/c23-17(15-10-18(15)6-8-19-9-7-18)22-14-11-20-16(21-12-14)13-4-2-1-3-5-13;/h1-5,11-12,15,19H,6-10H2,(H,22,23);1H. The molecule has 5 nitrogen and oxygen atoms in total. The van der Waals surface area contributed by atoms with E-state index < -0.39 is 0 Å². The van der Waals surface area contributed by atoms with Gasteiger partial charge >= 0.3 is 0 Å². The van der Waals surface area contributed by atoms with Crippen molar-refractivity contribution in [3.05, 3.63) is 42.7 Å². The SMILES string of the molecule is Cl.O=C(Nc1cnc(-c2ccccc2)nc1)C1CC12CCNCC2. The highest BCUT2D eigenvalue weighted by atomic mass is 35.5. The number of hydrogen-bond donors (Lipinski definition) is 2. The van der Waals surface area contributed by atoms with Gasteiger partial charge in [-0.25, -0.2) is 9.97 Å². The van der Waals surface area contributed by atoms with Crippen LogP contribution in [0.4, 0.5) is 5.69 Å². The molecule has 6 heteroatoms. The van der Waals surface area contributed by atoms with Gasteiger partial charge in [0, 0.05) is 11.5 Å². The average Bonchev–Trinajstić information content (AvgIpc) is 3.30. The zero-order chi connectivity index (χ0) is 15.7. The van der Waals surface area contributed by atoms with E-state index in [2.05, 4.69) is 20.6 Å². The van der Waals surface area contributed by atoms with Gasteiger partial charge in [0.25, 0.3) is 0 Å². The van der Waals surface area contributed by atoms with Crippen molar-refractivity contribution in [3.63, 3.8) is 0 Å². The molecule has 1 atom stereocenters. The maximum absolute atomic E-state index is 12.4. The highest BCUT2D eigenvalue weighted by molar-refractivity contribution is 5.94. The minimum Gasteiger partial charge on any atom is -0.323 e. The van der Waals surface area contributed by atoms with Gasteiger partial charge in [0.2, 0.25) is 5.91 Å². The van der Waals surface area contributed by atoms with Gasteiger partial charge in [0.1, 0.15) is 0 Å². The summed E-state index contributed by atoms with van der Waals surface area (Å²) in [7, 11) is 0. The van der Waals surface area contributed by atoms with Crippen LogP contribution in [-0.4, -0.2) is 29.0 Å². The fourth-order valence-corrected chi connectivity index (χ4v) is 3.55. The van der Waals surface area contributed by atoms with Gasteiger partial charge in [-0.2, -0.15) is 0 Å². The Balaban J connectivity index is 0.00000169. The molecule has 1 aromatic carbocycles. The lowest BCUT2D eigenvalue weighted by Gasteiger charge is -2.23. The summed E-state index contributed by atoms with van der Waals surface area (Å²) in [4.78, 5) is 21.1. The molecular weight excluding hydrogens is 324 g/mol. The maximum Gasteiger partial charge on any atom is 0.228 e. The summed E-state index contributed by atoms with van der Waals surface area (Å²) in [6.07, 6.45) is 6.60. The van der Waals surface area contributed by atoms with Crippen LogP contribution in [0.1, 0.15) is 19.3 Å². The summed E-state index contributed by atoms with van der Waals surface area (Å²) in [5.41, 5.74) is 1.90. The number of rotatable bonds is 3. The maximum atomic E-state index is 12.4. The third-order valence-electron chi connectivity index (χ3n) is 5.06. The van der Waals surface area contributed by atoms with Crippen molar-refractivity contribution in [1.82, 2.24) is 15.3 Å². The Morgan fingerprint density at radius 1 is 1.12 bits per heavy atom. The first kappa shape index (κ1) is 16.9. The van der Waals surface area contributed by atoms with E-state index in [1.165, 1.54) is 0 Å².